The number of aliphatic hydroxyl groups is 1. The van der Waals surface area contributed by atoms with Gasteiger partial charge in [0.25, 0.3) is 0 Å². The SMILES string of the molecule is CC(C)NCC(O)COc1ccc(OCCOCC2CC2)cc1.Cl.Cl. The number of benzene rings is 1. The summed E-state index contributed by atoms with van der Waals surface area (Å²) >= 11 is 0. The van der Waals surface area contributed by atoms with Gasteiger partial charge in [-0.05, 0) is 43.0 Å². The topological polar surface area (TPSA) is 60.0 Å². The molecule has 1 fully saturated rings. The zero-order valence-corrected chi connectivity index (χ0v) is 16.6. The van der Waals surface area contributed by atoms with Gasteiger partial charge in [0, 0.05) is 19.2 Å². The van der Waals surface area contributed by atoms with E-state index in [2.05, 4.69) is 5.32 Å². The molecule has 1 atom stereocenters. The van der Waals surface area contributed by atoms with Crippen molar-refractivity contribution in [3.63, 3.8) is 0 Å². The van der Waals surface area contributed by atoms with E-state index in [1.807, 2.05) is 38.1 Å². The van der Waals surface area contributed by atoms with E-state index in [0.29, 0.717) is 25.8 Å². The van der Waals surface area contributed by atoms with Gasteiger partial charge in [-0.3, -0.25) is 0 Å². The molecule has 0 amide bonds. The summed E-state index contributed by atoms with van der Waals surface area (Å²) in [6.45, 7) is 6.95. The second kappa shape index (κ2) is 13.5. The fraction of sp³-hybridized carbons (Fsp3) is 0.667. The molecule has 0 aromatic heterocycles. The Kier molecular flexibility index (Phi) is 13.1. The van der Waals surface area contributed by atoms with Gasteiger partial charge in [-0.15, -0.1) is 24.8 Å². The van der Waals surface area contributed by atoms with E-state index >= 15 is 0 Å². The highest BCUT2D eigenvalue weighted by Crippen LogP contribution is 2.28. The number of ether oxygens (including phenoxy) is 3. The molecule has 5 nitrogen and oxygen atoms in total. The lowest BCUT2D eigenvalue weighted by molar-refractivity contribution is 0.0925. The Morgan fingerprint density at radius 1 is 1.04 bits per heavy atom. The molecular weight excluding hydrogens is 365 g/mol. The van der Waals surface area contributed by atoms with Crippen molar-refractivity contribution in [1.29, 1.82) is 0 Å². The van der Waals surface area contributed by atoms with Crippen molar-refractivity contribution in [2.75, 3.05) is 33.0 Å². The van der Waals surface area contributed by atoms with Crippen molar-refractivity contribution in [1.82, 2.24) is 5.32 Å². The quantitative estimate of drug-likeness (QED) is 0.532. The summed E-state index contributed by atoms with van der Waals surface area (Å²) in [5.41, 5.74) is 0. The lowest BCUT2D eigenvalue weighted by Gasteiger charge is -2.15. The van der Waals surface area contributed by atoms with Gasteiger partial charge in [0.2, 0.25) is 0 Å². The first kappa shape index (κ1) is 24.3. The molecule has 1 aliphatic carbocycles. The van der Waals surface area contributed by atoms with Crippen LogP contribution in [0.2, 0.25) is 0 Å². The number of nitrogens with one attached hydrogen (secondary N) is 1. The van der Waals surface area contributed by atoms with E-state index in [0.717, 1.165) is 24.0 Å². The van der Waals surface area contributed by atoms with Gasteiger partial charge in [-0.25, -0.2) is 0 Å². The molecule has 0 radical (unpaired) electrons. The summed E-state index contributed by atoms with van der Waals surface area (Å²) in [5.74, 6) is 2.32. The van der Waals surface area contributed by atoms with Crippen LogP contribution in [-0.4, -0.2) is 50.2 Å². The highest BCUT2D eigenvalue weighted by Gasteiger charge is 2.20. The summed E-state index contributed by atoms with van der Waals surface area (Å²) in [7, 11) is 0. The second-order valence-electron chi connectivity index (χ2n) is 6.37. The Morgan fingerprint density at radius 2 is 1.64 bits per heavy atom. The van der Waals surface area contributed by atoms with Crippen molar-refractivity contribution < 1.29 is 19.3 Å². The van der Waals surface area contributed by atoms with Crippen molar-refractivity contribution in [2.24, 2.45) is 5.92 Å². The number of aliphatic hydroxyl groups excluding tert-OH is 1. The first-order valence-electron chi connectivity index (χ1n) is 8.48. The average Bonchev–Trinajstić information content (AvgIpc) is 3.36. The monoisotopic (exact) mass is 395 g/mol. The van der Waals surface area contributed by atoms with E-state index < -0.39 is 6.10 Å². The third kappa shape index (κ3) is 11.5. The van der Waals surface area contributed by atoms with Crippen LogP contribution in [0.25, 0.3) is 0 Å². The fourth-order valence-corrected chi connectivity index (χ4v) is 2.01. The standard InChI is InChI=1S/C18H29NO4.2ClH/c1-14(2)19-11-16(20)13-23-18-7-5-17(6-8-18)22-10-9-21-12-15-3-4-15;;/h5-8,14-16,19-20H,3-4,9-13H2,1-2H3;2*1H. The van der Waals surface area contributed by atoms with Gasteiger partial charge >= 0.3 is 0 Å². The molecule has 1 aliphatic rings. The summed E-state index contributed by atoms with van der Waals surface area (Å²) in [5, 5.41) is 13.0. The Bertz CT molecular complexity index is 441. The molecule has 7 heteroatoms. The van der Waals surface area contributed by atoms with Crippen LogP contribution in [0.3, 0.4) is 0 Å². The van der Waals surface area contributed by atoms with Crippen LogP contribution in [0.4, 0.5) is 0 Å². The summed E-state index contributed by atoms with van der Waals surface area (Å²) < 4.78 is 16.7. The van der Waals surface area contributed by atoms with Gasteiger partial charge in [-0.1, -0.05) is 13.8 Å². The van der Waals surface area contributed by atoms with Crippen LogP contribution in [0.1, 0.15) is 26.7 Å². The molecule has 146 valence electrons. The first-order chi connectivity index (χ1) is 11.1. The van der Waals surface area contributed by atoms with E-state index in [-0.39, 0.29) is 31.4 Å². The number of hydrogen-bond acceptors (Lipinski definition) is 5. The molecule has 2 rings (SSSR count). The maximum atomic E-state index is 9.80. The Hall–Kier alpha value is -0.720. The molecule has 0 saturated heterocycles. The largest absolute Gasteiger partial charge is 0.491 e. The Morgan fingerprint density at radius 3 is 2.20 bits per heavy atom. The average molecular weight is 396 g/mol. The predicted molar refractivity (Wildman–Crippen MR) is 105 cm³/mol. The molecule has 0 aliphatic heterocycles. The maximum Gasteiger partial charge on any atom is 0.119 e. The van der Waals surface area contributed by atoms with Crippen LogP contribution in [0, 0.1) is 5.92 Å². The van der Waals surface area contributed by atoms with Crippen LogP contribution in [0.5, 0.6) is 11.5 Å². The molecule has 0 bridgehead atoms. The molecule has 2 N–H and O–H groups in total. The minimum absolute atomic E-state index is 0. The smallest absolute Gasteiger partial charge is 0.119 e. The Balaban J connectivity index is 0.00000288. The molecule has 0 spiro atoms. The maximum absolute atomic E-state index is 9.80. The van der Waals surface area contributed by atoms with E-state index in [1.54, 1.807) is 0 Å². The minimum Gasteiger partial charge on any atom is -0.491 e. The van der Waals surface area contributed by atoms with Crippen molar-refractivity contribution in [3.8, 4) is 11.5 Å². The normalized spacial score (nSPS) is 14.4. The summed E-state index contributed by atoms with van der Waals surface area (Å²) in [6.07, 6.45) is 2.10. The molecule has 0 heterocycles. The van der Waals surface area contributed by atoms with E-state index in [4.69, 9.17) is 14.2 Å². The highest BCUT2D eigenvalue weighted by molar-refractivity contribution is 5.85. The lowest BCUT2D eigenvalue weighted by atomic mass is 10.3. The van der Waals surface area contributed by atoms with Crippen molar-refractivity contribution >= 4 is 24.8 Å². The van der Waals surface area contributed by atoms with Crippen molar-refractivity contribution in [2.45, 2.75) is 38.8 Å². The summed E-state index contributed by atoms with van der Waals surface area (Å²) in [6, 6.07) is 7.80. The van der Waals surface area contributed by atoms with Gasteiger partial charge in [0.05, 0.1) is 6.61 Å². The van der Waals surface area contributed by atoms with Gasteiger partial charge in [0.1, 0.15) is 30.8 Å². The fourth-order valence-electron chi connectivity index (χ4n) is 2.01. The van der Waals surface area contributed by atoms with Gasteiger partial charge < -0.3 is 24.6 Å². The van der Waals surface area contributed by atoms with E-state index in [1.165, 1.54) is 12.8 Å². The number of halogens is 2. The van der Waals surface area contributed by atoms with Crippen molar-refractivity contribution in [3.05, 3.63) is 24.3 Å². The number of hydrogen-bond donors (Lipinski definition) is 2. The molecule has 1 unspecified atom stereocenters. The molecular formula is C18H31Cl2NO4. The minimum atomic E-state index is -0.517. The first-order valence-corrected chi connectivity index (χ1v) is 8.48. The molecule has 1 aromatic carbocycles. The zero-order chi connectivity index (χ0) is 16.5. The van der Waals surface area contributed by atoms with Crippen LogP contribution in [0.15, 0.2) is 24.3 Å². The van der Waals surface area contributed by atoms with Crippen LogP contribution >= 0.6 is 24.8 Å². The zero-order valence-electron chi connectivity index (χ0n) is 15.0. The van der Waals surface area contributed by atoms with Crippen LogP contribution in [-0.2, 0) is 4.74 Å². The predicted octanol–water partition coefficient (Wildman–Crippen LogP) is 3.07. The molecule has 1 aromatic rings. The summed E-state index contributed by atoms with van der Waals surface area (Å²) in [4.78, 5) is 0. The van der Waals surface area contributed by atoms with Gasteiger partial charge in [-0.2, -0.15) is 0 Å². The third-order valence-corrected chi connectivity index (χ3v) is 3.57. The lowest BCUT2D eigenvalue weighted by Crippen LogP contribution is -2.35. The van der Waals surface area contributed by atoms with Gasteiger partial charge in [0.15, 0.2) is 0 Å². The molecule has 1 saturated carbocycles. The third-order valence-electron chi connectivity index (χ3n) is 3.57. The second-order valence-corrected chi connectivity index (χ2v) is 6.37. The number of rotatable bonds is 12. The highest BCUT2D eigenvalue weighted by atomic mass is 35.5. The molecule has 25 heavy (non-hydrogen) atoms. The van der Waals surface area contributed by atoms with Crippen LogP contribution < -0.4 is 14.8 Å². The van der Waals surface area contributed by atoms with E-state index in [9.17, 15) is 5.11 Å². The Labute approximate surface area is 163 Å².